The average Bonchev–Trinajstić information content (AvgIpc) is 3.03. The standard InChI is InChI=1S/C37H46F2N2O5S/c1-5-12-40(13-6-2)37(44)31-16-26(4)15-29(21-31)35(42)22-30(18-27-19-32(38)23-33(39)20-27)36(43)28-10-8-14-41(24-28)47(45,46)34-11-7-9-25(3)17-34/h7,9,11,15-17,19-21,23,28,30,36,43H,5-6,8,10,12-14,18,22,24H2,1-4H3/t28-,30-,36-/m1/s1. The van der Waals surface area contributed by atoms with Crippen LogP contribution in [0.15, 0.2) is 65.6 Å². The van der Waals surface area contributed by atoms with E-state index in [1.54, 1.807) is 41.3 Å². The summed E-state index contributed by atoms with van der Waals surface area (Å²) in [7, 11) is -3.83. The van der Waals surface area contributed by atoms with Crippen LogP contribution in [-0.2, 0) is 16.4 Å². The van der Waals surface area contributed by atoms with E-state index in [-0.39, 0.29) is 41.5 Å². The van der Waals surface area contributed by atoms with Crippen molar-refractivity contribution in [2.24, 2.45) is 11.8 Å². The van der Waals surface area contributed by atoms with Crippen molar-refractivity contribution >= 4 is 21.7 Å². The zero-order chi connectivity index (χ0) is 34.3. The van der Waals surface area contributed by atoms with Crippen molar-refractivity contribution in [1.82, 2.24) is 9.21 Å². The monoisotopic (exact) mass is 668 g/mol. The van der Waals surface area contributed by atoms with Crippen LogP contribution >= 0.6 is 0 Å². The molecule has 1 heterocycles. The first-order valence-electron chi connectivity index (χ1n) is 16.5. The van der Waals surface area contributed by atoms with Gasteiger partial charge in [0.05, 0.1) is 11.0 Å². The molecule has 0 bridgehead atoms. The van der Waals surface area contributed by atoms with Crippen molar-refractivity contribution in [3.05, 3.63) is 100 Å². The van der Waals surface area contributed by atoms with Gasteiger partial charge in [0.25, 0.3) is 5.91 Å². The number of nitrogens with zero attached hydrogens (tertiary/aromatic N) is 2. The van der Waals surface area contributed by atoms with Crippen LogP contribution < -0.4 is 0 Å². The Kier molecular flexibility index (Phi) is 12.4. The Labute approximate surface area is 277 Å². The lowest BCUT2D eigenvalue weighted by Crippen LogP contribution is -2.46. The molecule has 1 fully saturated rings. The maximum atomic E-state index is 14.2. The molecule has 47 heavy (non-hydrogen) atoms. The highest BCUT2D eigenvalue weighted by molar-refractivity contribution is 7.89. The van der Waals surface area contributed by atoms with Crippen LogP contribution in [0, 0.1) is 37.3 Å². The van der Waals surface area contributed by atoms with Crippen molar-refractivity contribution in [3.63, 3.8) is 0 Å². The fourth-order valence-electron chi connectivity index (χ4n) is 6.59. The van der Waals surface area contributed by atoms with E-state index in [4.69, 9.17) is 0 Å². The molecule has 10 heteroatoms. The topological polar surface area (TPSA) is 95.0 Å². The third-order valence-electron chi connectivity index (χ3n) is 8.80. The fraction of sp³-hybridized carbons (Fsp3) is 0.459. The number of aliphatic hydroxyl groups excluding tert-OH is 1. The Balaban J connectivity index is 1.62. The number of Topliss-reactive ketones (excluding diaryl/α,β-unsaturated/α-hetero) is 1. The maximum absolute atomic E-state index is 14.2. The summed E-state index contributed by atoms with van der Waals surface area (Å²) in [6, 6.07) is 14.8. The summed E-state index contributed by atoms with van der Waals surface area (Å²) in [5.41, 5.74) is 2.56. The van der Waals surface area contributed by atoms with Gasteiger partial charge in [-0.3, -0.25) is 9.59 Å². The molecule has 0 saturated carbocycles. The van der Waals surface area contributed by atoms with Gasteiger partial charge in [-0.25, -0.2) is 17.2 Å². The molecule has 254 valence electrons. The van der Waals surface area contributed by atoms with Gasteiger partial charge in [-0.2, -0.15) is 4.31 Å². The first-order chi connectivity index (χ1) is 22.3. The maximum Gasteiger partial charge on any atom is 0.253 e. The Morgan fingerprint density at radius 1 is 0.936 bits per heavy atom. The second-order valence-electron chi connectivity index (χ2n) is 12.8. The van der Waals surface area contributed by atoms with E-state index in [9.17, 15) is 31.9 Å². The number of benzene rings is 3. The number of hydrogen-bond acceptors (Lipinski definition) is 5. The number of carbonyl (C=O) groups is 2. The summed E-state index contributed by atoms with van der Waals surface area (Å²) in [5, 5.41) is 11.8. The normalized spacial score (nSPS) is 16.9. The van der Waals surface area contributed by atoms with E-state index in [0.29, 0.717) is 43.6 Å². The van der Waals surface area contributed by atoms with E-state index >= 15 is 0 Å². The van der Waals surface area contributed by atoms with Crippen molar-refractivity contribution < 1.29 is 31.9 Å². The van der Waals surface area contributed by atoms with Crippen LogP contribution in [0.2, 0.25) is 0 Å². The molecular formula is C37H46F2N2O5S. The smallest absolute Gasteiger partial charge is 0.253 e. The number of rotatable bonds is 14. The minimum absolute atomic E-state index is 0.00109. The van der Waals surface area contributed by atoms with E-state index in [2.05, 4.69) is 0 Å². The zero-order valence-corrected chi connectivity index (χ0v) is 28.5. The van der Waals surface area contributed by atoms with Gasteiger partial charge in [0.2, 0.25) is 10.0 Å². The molecule has 1 saturated heterocycles. The molecule has 3 aromatic rings. The predicted octanol–water partition coefficient (Wildman–Crippen LogP) is 6.74. The van der Waals surface area contributed by atoms with Crippen molar-refractivity contribution in [1.29, 1.82) is 0 Å². The van der Waals surface area contributed by atoms with Gasteiger partial charge >= 0.3 is 0 Å². The highest BCUT2D eigenvalue weighted by Crippen LogP contribution is 2.32. The lowest BCUT2D eigenvalue weighted by Gasteiger charge is -2.37. The Bertz CT molecular complexity index is 1650. The first-order valence-corrected chi connectivity index (χ1v) is 17.9. The third kappa shape index (κ3) is 9.33. The lowest BCUT2D eigenvalue weighted by molar-refractivity contribution is 0.0231. The molecule has 1 aliphatic heterocycles. The largest absolute Gasteiger partial charge is 0.392 e. The summed E-state index contributed by atoms with van der Waals surface area (Å²) in [4.78, 5) is 29.2. The Morgan fingerprint density at radius 3 is 2.23 bits per heavy atom. The fourth-order valence-corrected chi connectivity index (χ4v) is 8.23. The van der Waals surface area contributed by atoms with E-state index < -0.39 is 39.6 Å². The van der Waals surface area contributed by atoms with Gasteiger partial charge in [-0.1, -0.05) is 26.0 Å². The molecule has 1 aliphatic rings. The number of ketones is 1. The number of carbonyl (C=O) groups excluding carboxylic acids is 2. The van der Waals surface area contributed by atoms with E-state index in [1.165, 1.54) is 16.4 Å². The molecule has 0 radical (unpaired) electrons. The number of sulfonamides is 1. The van der Waals surface area contributed by atoms with Crippen LogP contribution in [0.5, 0.6) is 0 Å². The second kappa shape index (κ2) is 16.1. The quantitative estimate of drug-likeness (QED) is 0.192. The van der Waals surface area contributed by atoms with Crippen molar-refractivity contribution in [3.8, 4) is 0 Å². The molecule has 0 spiro atoms. The number of aryl methyl sites for hydroxylation is 2. The number of amides is 1. The summed E-state index contributed by atoms with van der Waals surface area (Å²) in [6.07, 6.45) is 1.33. The molecule has 0 aromatic heterocycles. The van der Waals surface area contributed by atoms with E-state index in [0.717, 1.165) is 30.0 Å². The number of piperidine rings is 1. The highest BCUT2D eigenvalue weighted by atomic mass is 32.2. The van der Waals surface area contributed by atoms with Gasteiger partial charge in [-0.15, -0.1) is 0 Å². The summed E-state index contributed by atoms with van der Waals surface area (Å²) < 4.78 is 56.8. The van der Waals surface area contributed by atoms with Crippen molar-refractivity contribution in [2.45, 2.75) is 77.2 Å². The molecule has 4 rings (SSSR count). The average molecular weight is 669 g/mol. The number of halogens is 2. The predicted molar refractivity (Wildman–Crippen MR) is 179 cm³/mol. The molecule has 3 aromatic carbocycles. The van der Waals surface area contributed by atoms with E-state index in [1.807, 2.05) is 33.8 Å². The molecule has 1 amide bonds. The highest BCUT2D eigenvalue weighted by Gasteiger charge is 2.37. The van der Waals surface area contributed by atoms with Crippen LogP contribution in [0.1, 0.15) is 83.4 Å². The summed E-state index contributed by atoms with van der Waals surface area (Å²) in [5.74, 6) is -3.29. The number of aliphatic hydroxyl groups is 1. The Morgan fingerprint density at radius 2 is 1.60 bits per heavy atom. The van der Waals surface area contributed by atoms with Crippen LogP contribution in [0.3, 0.4) is 0 Å². The minimum atomic E-state index is -3.83. The summed E-state index contributed by atoms with van der Waals surface area (Å²) >= 11 is 0. The molecule has 3 atom stereocenters. The SMILES string of the molecule is CCCN(CCC)C(=O)c1cc(C)cc(C(=O)C[C@@H](Cc2cc(F)cc(F)c2)[C@H](O)[C@@H]2CCCN(S(=O)(=O)c3cccc(C)c3)C2)c1. The minimum Gasteiger partial charge on any atom is -0.392 e. The first kappa shape index (κ1) is 36.4. The van der Waals surface area contributed by atoms with Crippen molar-refractivity contribution in [2.75, 3.05) is 26.2 Å². The molecule has 7 nitrogen and oxygen atoms in total. The van der Waals surface area contributed by atoms with Gasteiger partial charge in [0.1, 0.15) is 11.6 Å². The molecule has 0 aliphatic carbocycles. The molecular weight excluding hydrogens is 622 g/mol. The van der Waals surface area contributed by atoms with Gasteiger partial charge in [0.15, 0.2) is 5.78 Å². The van der Waals surface area contributed by atoms with Gasteiger partial charge < -0.3 is 10.0 Å². The molecule has 1 N–H and O–H groups in total. The number of hydrogen-bond donors (Lipinski definition) is 1. The zero-order valence-electron chi connectivity index (χ0n) is 27.7. The third-order valence-corrected chi connectivity index (χ3v) is 10.7. The Hall–Kier alpha value is -3.47. The lowest BCUT2D eigenvalue weighted by atomic mass is 9.79. The van der Waals surface area contributed by atoms with Crippen LogP contribution in [0.4, 0.5) is 8.78 Å². The van der Waals surface area contributed by atoms with Crippen LogP contribution in [0.25, 0.3) is 0 Å². The second-order valence-corrected chi connectivity index (χ2v) is 14.8. The van der Waals surface area contributed by atoms with Crippen LogP contribution in [-0.4, -0.2) is 66.7 Å². The van der Waals surface area contributed by atoms with Gasteiger partial charge in [0, 0.05) is 49.8 Å². The van der Waals surface area contributed by atoms with Gasteiger partial charge in [-0.05, 0) is 117 Å². The summed E-state index contributed by atoms with van der Waals surface area (Å²) in [6.45, 7) is 9.17. The molecule has 0 unspecified atom stereocenters.